The topological polar surface area (TPSA) is 62.0 Å². The second kappa shape index (κ2) is 3.18. The number of carboxylic acids is 1. The molecule has 2 rings (SSSR count). The van der Waals surface area contributed by atoms with Crippen molar-refractivity contribution in [2.75, 3.05) is 0 Å². The summed E-state index contributed by atoms with van der Waals surface area (Å²) >= 11 is 0. The van der Waals surface area contributed by atoms with Crippen LogP contribution in [0.4, 0.5) is 13.2 Å². The van der Waals surface area contributed by atoms with Crippen molar-refractivity contribution in [3.05, 3.63) is 23.8 Å². The molecule has 7 heteroatoms. The smallest absolute Gasteiger partial charge is 0.442 e. The van der Waals surface area contributed by atoms with Crippen molar-refractivity contribution >= 4 is 5.97 Å². The molecule has 1 N–H and O–H groups in total. The Hall–Kier alpha value is -1.66. The van der Waals surface area contributed by atoms with E-state index in [0.717, 1.165) is 6.08 Å². The first-order chi connectivity index (χ1) is 7.71. The summed E-state index contributed by atoms with van der Waals surface area (Å²) in [5, 5.41) is 15.0. The molecule has 0 aromatic heterocycles. The highest BCUT2D eigenvalue weighted by atomic mass is 19.4. The maximum atomic E-state index is 12.7. The largest absolute Gasteiger partial charge is 0.481 e. The van der Waals surface area contributed by atoms with Crippen LogP contribution < -0.4 is 0 Å². The van der Waals surface area contributed by atoms with E-state index in [-0.39, 0.29) is 12.0 Å². The van der Waals surface area contributed by atoms with Crippen LogP contribution in [-0.4, -0.2) is 22.9 Å². The van der Waals surface area contributed by atoms with Gasteiger partial charge in [-0.3, -0.25) is 4.79 Å². The van der Waals surface area contributed by atoms with Gasteiger partial charge in [0.05, 0.1) is 5.41 Å². The molecular weight excluding hydrogens is 237 g/mol. The van der Waals surface area contributed by atoms with Crippen molar-refractivity contribution in [2.24, 2.45) is 15.6 Å². The summed E-state index contributed by atoms with van der Waals surface area (Å²) in [7, 11) is 0. The van der Waals surface area contributed by atoms with Crippen molar-refractivity contribution in [3.63, 3.8) is 0 Å². The Balaban J connectivity index is 2.22. The molecule has 17 heavy (non-hydrogen) atoms. The first-order valence-electron chi connectivity index (χ1n) is 4.85. The Kier molecular flexibility index (Phi) is 2.21. The summed E-state index contributed by atoms with van der Waals surface area (Å²) in [6.07, 6.45) is -0.939. The lowest BCUT2D eigenvalue weighted by atomic mass is 9.80. The highest BCUT2D eigenvalue weighted by molar-refractivity contribution is 5.77. The van der Waals surface area contributed by atoms with E-state index in [4.69, 9.17) is 5.11 Å². The van der Waals surface area contributed by atoms with Gasteiger partial charge < -0.3 is 5.11 Å². The number of allylic oxidation sites excluding steroid dienone is 1. The SMILES string of the molecule is CC1(C(=O)O)C=CC(C2(C(F)(F)F)N=N2)=CC1. The van der Waals surface area contributed by atoms with E-state index in [9.17, 15) is 18.0 Å². The summed E-state index contributed by atoms with van der Waals surface area (Å²) in [4.78, 5) is 10.9. The summed E-state index contributed by atoms with van der Waals surface area (Å²) in [5.74, 6) is -1.07. The highest BCUT2D eigenvalue weighted by Crippen LogP contribution is 2.51. The third-order valence-corrected chi connectivity index (χ3v) is 2.96. The number of halogens is 3. The maximum Gasteiger partial charge on any atom is 0.442 e. The van der Waals surface area contributed by atoms with Gasteiger partial charge in [0, 0.05) is 5.57 Å². The van der Waals surface area contributed by atoms with E-state index in [2.05, 4.69) is 10.2 Å². The zero-order valence-corrected chi connectivity index (χ0v) is 8.82. The highest BCUT2D eigenvalue weighted by Gasteiger charge is 2.66. The number of rotatable bonds is 2. The zero-order valence-electron chi connectivity index (χ0n) is 8.82. The fourth-order valence-electron chi connectivity index (χ4n) is 1.59. The molecule has 1 atom stereocenters. The predicted molar refractivity (Wildman–Crippen MR) is 51.2 cm³/mol. The van der Waals surface area contributed by atoms with E-state index in [1.165, 1.54) is 19.1 Å². The Morgan fingerprint density at radius 2 is 2.06 bits per heavy atom. The number of nitrogens with zero attached hydrogens (tertiary/aromatic N) is 2. The van der Waals surface area contributed by atoms with Gasteiger partial charge in [0.15, 0.2) is 0 Å². The van der Waals surface area contributed by atoms with Crippen molar-refractivity contribution in [1.82, 2.24) is 0 Å². The van der Waals surface area contributed by atoms with Crippen molar-refractivity contribution in [1.29, 1.82) is 0 Å². The van der Waals surface area contributed by atoms with E-state index in [1.807, 2.05) is 0 Å². The number of hydrogen-bond donors (Lipinski definition) is 1. The van der Waals surface area contributed by atoms with Crippen LogP contribution in [0.1, 0.15) is 13.3 Å². The van der Waals surface area contributed by atoms with E-state index >= 15 is 0 Å². The lowest BCUT2D eigenvalue weighted by Crippen LogP contribution is -2.36. The van der Waals surface area contributed by atoms with Gasteiger partial charge in [-0.1, -0.05) is 18.2 Å². The number of carbonyl (C=O) groups is 1. The lowest BCUT2D eigenvalue weighted by molar-refractivity contribution is -0.153. The molecule has 2 aliphatic rings. The van der Waals surface area contributed by atoms with Gasteiger partial charge in [0.2, 0.25) is 0 Å². The molecule has 0 aromatic carbocycles. The second-order valence-electron chi connectivity index (χ2n) is 4.29. The van der Waals surface area contributed by atoms with Crippen LogP contribution in [-0.2, 0) is 4.79 Å². The van der Waals surface area contributed by atoms with Crippen LogP contribution in [0.25, 0.3) is 0 Å². The number of hydrogen-bond acceptors (Lipinski definition) is 3. The minimum absolute atomic E-state index is 0.00294. The normalized spacial score (nSPS) is 30.0. The molecule has 0 saturated heterocycles. The van der Waals surface area contributed by atoms with Crippen LogP contribution >= 0.6 is 0 Å². The first-order valence-corrected chi connectivity index (χ1v) is 4.85. The molecule has 0 spiro atoms. The van der Waals surface area contributed by atoms with Gasteiger partial charge in [-0.05, 0) is 13.3 Å². The first kappa shape index (κ1) is 11.8. The average Bonchev–Trinajstić information content (AvgIpc) is 2.98. The van der Waals surface area contributed by atoms with Crippen LogP contribution in [0.5, 0.6) is 0 Å². The van der Waals surface area contributed by atoms with Gasteiger partial charge in [0.1, 0.15) is 0 Å². The Labute approximate surface area is 94.5 Å². The van der Waals surface area contributed by atoms with Gasteiger partial charge in [-0.25, -0.2) is 0 Å². The minimum Gasteiger partial charge on any atom is -0.481 e. The molecule has 0 amide bonds. The van der Waals surface area contributed by atoms with Crippen LogP contribution in [0.2, 0.25) is 0 Å². The predicted octanol–water partition coefficient (Wildman–Crippen LogP) is 2.69. The lowest BCUT2D eigenvalue weighted by Gasteiger charge is -2.25. The van der Waals surface area contributed by atoms with Crippen LogP contribution in [0.3, 0.4) is 0 Å². The van der Waals surface area contributed by atoms with Gasteiger partial charge in [-0.2, -0.15) is 13.2 Å². The van der Waals surface area contributed by atoms with Crippen molar-refractivity contribution < 1.29 is 23.1 Å². The molecule has 1 aliphatic heterocycles. The quantitative estimate of drug-likeness (QED) is 0.814. The molecule has 1 heterocycles. The van der Waals surface area contributed by atoms with E-state index in [0.29, 0.717) is 0 Å². The number of carboxylic acid groups (broad SMARTS) is 1. The second-order valence-corrected chi connectivity index (χ2v) is 4.29. The summed E-state index contributed by atoms with van der Waals surface area (Å²) < 4.78 is 38.0. The third kappa shape index (κ3) is 1.65. The Morgan fingerprint density at radius 3 is 2.35 bits per heavy atom. The summed E-state index contributed by atoms with van der Waals surface area (Å²) in [6, 6.07) is 0. The van der Waals surface area contributed by atoms with Gasteiger partial charge >= 0.3 is 17.8 Å². The van der Waals surface area contributed by atoms with E-state index < -0.39 is 23.2 Å². The molecule has 0 fully saturated rings. The third-order valence-electron chi connectivity index (χ3n) is 2.96. The fraction of sp³-hybridized carbons (Fsp3) is 0.500. The Morgan fingerprint density at radius 1 is 1.47 bits per heavy atom. The standard InChI is InChI=1S/C10H9F3N2O2/c1-8(7(16)17)4-2-6(3-5-8)9(14-15-9)10(11,12)13/h2-4H,5H2,1H3,(H,16,17). The number of aliphatic carboxylic acids is 1. The van der Waals surface area contributed by atoms with Crippen molar-refractivity contribution in [2.45, 2.75) is 25.2 Å². The maximum absolute atomic E-state index is 12.7. The molecule has 0 aromatic rings. The Bertz CT molecular complexity index is 459. The van der Waals surface area contributed by atoms with E-state index in [1.54, 1.807) is 0 Å². The molecule has 92 valence electrons. The summed E-state index contributed by atoms with van der Waals surface area (Å²) in [6.45, 7) is 1.44. The van der Waals surface area contributed by atoms with Crippen LogP contribution in [0, 0.1) is 5.41 Å². The monoisotopic (exact) mass is 246 g/mol. The zero-order chi connectivity index (χ0) is 12.9. The molecular formula is C10H9F3N2O2. The minimum atomic E-state index is -4.57. The fourth-order valence-corrected chi connectivity index (χ4v) is 1.59. The van der Waals surface area contributed by atoms with Crippen LogP contribution in [0.15, 0.2) is 34.0 Å². The number of alkyl halides is 3. The molecule has 0 radical (unpaired) electrons. The van der Waals surface area contributed by atoms with Crippen molar-refractivity contribution in [3.8, 4) is 0 Å². The molecule has 1 unspecified atom stereocenters. The average molecular weight is 246 g/mol. The van der Waals surface area contributed by atoms with Gasteiger partial charge in [0.25, 0.3) is 0 Å². The summed E-state index contributed by atoms with van der Waals surface area (Å²) in [5.41, 5.74) is -3.72. The van der Waals surface area contributed by atoms with Gasteiger partial charge in [-0.15, -0.1) is 10.2 Å². The molecule has 0 bridgehead atoms. The molecule has 4 nitrogen and oxygen atoms in total. The molecule has 0 saturated carbocycles. The molecule has 1 aliphatic carbocycles.